The topological polar surface area (TPSA) is 26.3 Å². The van der Waals surface area contributed by atoms with Gasteiger partial charge in [-0.05, 0) is 31.1 Å². The molecule has 0 aliphatic heterocycles. The Morgan fingerprint density at radius 3 is 2.69 bits per heavy atom. The molecule has 0 N–H and O–H groups in total. The summed E-state index contributed by atoms with van der Waals surface area (Å²) < 4.78 is 5.40. The molecule has 13 heavy (non-hydrogen) atoms. The normalized spacial score (nSPS) is 28.0. The maximum absolute atomic E-state index is 11.1. The standard InChI is InChI=1S/C11H20O2/c1-4-11(12)13-10-7-5-6-9(10)8(2)3/h8-10H,4-7H2,1-3H3/t9-,10+/m1/s1. The van der Waals surface area contributed by atoms with Crippen molar-refractivity contribution >= 4 is 5.97 Å². The van der Waals surface area contributed by atoms with Crippen LogP contribution >= 0.6 is 0 Å². The van der Waals surface area contributed by atoms with Gasteiger partial charge in [-0.25, -0.2) is 0 Å². The van der Waals surface area contributed by atoms with E-state index in [1.54, 1.807) is 0 Å². The highest BCUT2D eigenvalue weighted by Gasteiger charge is 2.31. The van der Waals surface area contributed by atoms with Crippen LogP contribution in [-0.2, 0) is 9.53 Å². The highest BCUT2D eigenvalue weighted by molar-refractivity contribution is 5.69. The highest BCUT2D eigenvalue weighted by atomic mass is 16.5. The number of ether oxygens (including phenoxy) is 1. The van der Waals surface area contributed by atoms with Gasteiger partial charge in [-0.15, -0.1) is 0 Å². The molecule has 1 aliphatic rings. The van der Waals surface area contributed by atoms with E-state index in [1.807, 2.05) is 6.92 Å². The molecule has 1 aliphatic carbocycles. The minimum absolute atomic E-state index is 0.0439. The van der Waals surface area contributed by atoms with E-state index in [0.717, 1.165) is 6.42 Å². The quantitative estimate of drug-likeness (QED) is 0.630. The van der Waals surface area contributed by atoms with Gasteiger partial charge in [0.2, 0.25) is 0 Å². The first kappa shape index (κ1) is 10.6. The molecule has 2 nitrogen and oxygen atoms in total. The zero-order valence-electron chi connectivity index (χ0n) is 8.88. The maximum atomic E-state index is 11.1. The molecule has 1 saturated carbocycles. The van der Waals surface area contributed by atoms with Crippen LogP contribution in [0.25, 0.3) is 0 Å². The molecule has 0 bridgehead atoms. The second kappa shape index (κ2) is 4.64. The molecule has 0 amide bonds. The summed E-state index contributed by atoms with van der Waals surface area (Å²) in [5.74, 6) is 1.19. The Kier molecular flexibility index (Phi) is 3.76. The van der Waals surface area contributed by atoms with Gasteiger partial charge >= 0.3 is 5.97 Å². The summed E-state index contributed by atoms with van der Waals surface area (Å²) in [4.78, 5) is 11.1. The van der Waals surface area contributed by atoms with E-state index in [1.165, 1.54) is 12.8 Å². The molecule has 0 unspecified atom stereocenters. The Morgan fingerprint density at radius 2 is 2.15 bits per heavy atom. The van der Waals surface area contributed by atoms with Crippen LogP contribution in [0.3, 0.4) is 0 Å². The average molecular weight is 184 g/mol. The fourth-order valence-corrected chi connectivity index (χ4v) is 2.12. The first-order valence-electron chi connectivity index (χ1n) is 5.34. The van der Waals surface area contributed by atoms with Crippen LogP contribution in [0.15, 0.2) is 0 Å². The van der Waals surface area contributed by atoms with Crippen LogP contribution in [0.1, 0.15) is 46.5 Å². The van der Waals surface area contributed by atoms with E-state index in [0.29, 0.717) is 18.3 Å². The van der Waals surface area contributed by atoms with Crippen molar-refractivity contribution in [1.82, 2.24) is 0 Å². The molecule has 0 radical (unpaired) electrons. The number of hydrogen-bond acceptors (Lipinski definition) is 2. The SMILES string of the molecule is CCC(=O)O[C@H]1CCC[C@@H]1C(C)C. The molecule has 1 rings (SSSR count). The molecule has 2 heteroatoms. The molecule has 0 aromatic carbocycles. The van der Waals surface area contributed by atoms with Gasteiger partial charge in [0.15, 0.2) is 0 Å². The van der Waals surface area contributed by atoms with E-state index in [9.17, 15) is 4.79 Å². The minimum atomic E-state index is -0.0439. The van der Waals surface area contributed by atoms with Crippen LogP contribution in [0.4, 0.5) is 0 Å². The first-order chi connectivity index (χ1) is 6.15. The van der Waals surface area contributed by atoms with Crippen molar-refractivity contribution in [3.63, 3.8) is 0 Å². The summed E-state index contributed by atoms with van der Waals surface area (Å²) in [5.41, 5.74) is 0. The van der Waals surface area contributed by atoms with E-state index < -0.39 is 0 Å². The summed E-state index contributed by atoms with van der Waals surface area (Å²) in [6.07, 6.45) is 4.20. The highest BCUT2D eigenvalue weighted by Crippen LogP contribution is 2.33. The second-order valence-electron chi connectivity index (χ2n) is 4.22. The largest absolute Gasteiger partial charge is 0.462 e. The van der Waals surface area contributed by atoms with Gasteiger partial charge < -0.3 is 4.74 Å². The van der Waals surface area contributed by atoms with Gasteiger partial charge in [0.25, 0.3) is 0 Å². The summed E-state index contributed by atoms with van der Waals surface area (Å²) in [6.45, 7) is 6.27. The van der Waals surface area contributed by atoms with Crippen LogP contribution in [0, 0.1) is 11.8 Å². The molecule has 1 fully saturated rings. The van der Waals surface area contributed by atoms with Gasteiger partial charge in [-0.1, -0.05) is 20.8 Å². The van der Waals surface area contributed by atoms with Gasteiger partial charge in [-0.3, -0.25) is 4.79 Å². The summed E-state index contributed by atoms with van der Waals surface area (Å²) in [6, 6.07) is 0. The Bertz CT molecular complexity index is 175. The van der Waals surface area contributed by atoms with Gasteiger partial charge in [0, 0.05) is 6.42 Å². The molecule has 2 atom stereocenters. The zero-order chi connectivity index (χ0) is 9.84. The summed E-state index contributed by atoms with van der Waals surface area (Å²) in [7, 11) is 0. The third kappa shape index (κ3) is 2.71. The van der Waals surface area contributed by atoms with Gasteiger partial charge in [0.05, 0.1) is 0 Å². The van der Waals surface area contributed by atoms with Crippen LogP contribution < -0.4 is 0 Å². The molecular weight excluding hydrogens is 164 g/mol. The average Bonchev–Trinajstić information content (AvgIpc) is 2.52. The predicted molar refractivity (Wildman–Crippen MR) is 52.4 cm³/mol. The van der Waals surface area contributed by atoms with Crippen molar-refractivity contribution in [3.8, 4) is 0 Å². The lowest BCUT2D eigenvalue weighted by Crippen LogP contribution is -2.25. The van der Waals surface area contributed by atoms with Crippen molar-refractivity contribution in [1.29, 1.82) is 0 Å². The molecule has 76 valence electrons. The molecule has 0 aromatic rings. The first-order valence-corrected chi connectivity index (χ1v) is 5.34. The predicted octanol–water partition coefficient (Wildman–Crippen LogP) is 2.76. The maximum Gasteiger partial charge on any atom is 0.305 e. The van der Waals surface area contributed by atoms with Crippen molar-refractivity contribution in [2.24, 2.45) is 11.8 Å². The van der Waals surface area contributed by atoms with E-state index in [2.05, 4.69) is 13.8 Å². The van der Waals surface area contributed by atoms with Gasteiger partial charge in [0.1, 0.15) is 6.10 Å². The molecule has 0 heterocycles. The lowest BCUT2D eigenvalue weighted by Gasteiger charge is -2.22. The van der Waals surface area contributed by atoms with E-state index in [-0.39, 0.29) is 12.1 Å². The number of esters is 1. The lowest BCUT2D eigenvalue weighted by molar-refractivity contribution is -0.151. The summed E-state index contributed by atoms with van der Waals surface area (Å²) in [5, 5.41) is 0. The Hall–Kier alpha value is -0.530. The van der Waals surface area contributed by atoms with E-state index >= 15 is 0 Å². The van der Waals surface area contributed by atoms with E-state index in [4.69, 9.17) is 4.74 Å². The molecule has 0 saturated heterocycles. The van der Waals surface area contributed by atoms with Crippen LogP contribution in [0.5, 0.6) is 0 Å². The number of hydrogen-bond donors (Lipinski definition) is 0. The fourth-order valence-electron chi connectivity index (χ4n) is 2.12. The fraction of sp³-hybridized carbons (Fsp3) is 0.909. The van der Waals surface area contributed by atoms with Crippen LogP contribution in [0.2, 0.25) is 0 Å². The lowest BCUT2D eigenvalue weighted by atomic mass is 9.92. The zero-order valence-corrected chi connectivity index (χ0v) is 8.88. The number of rotatable bonds is 3. The number of carbonyl (C=O) groups excluding carboxylic acids is 1. The van der Waals surface area contributed by atoms with Crippen LogP contribution in [-0.4, -0.2) is 12.1 Å². The number of carbonyl (C=O) groups is 1. The van der Waals surface area contributed by atoms with Gasteiger partial charge in [-0.2, -0.15) is 0 Å². The third-order valence-corrected chi connectivity index (χ3v) is 2.93. The van der Waals surface area contributed by atoms with Crippen molar-refractivity contribution in [2.45, 2.75) is 52.6 Å². The van der Waals surface area contributed by atoms with Crippen molar-refractivity contribution < 1.29 is 9.53 Å². The second-order valence-corrected chi connectivity index (χ2v) is 4.22. The minimum Gasteiger partial charge on any atom is -0.462 e. The smallest absolute Gasteiger partial charge is 0.305 e. The Labute approximate surface area is 80.7 Å². The molecular formula is C11H20O2. The Balaban J connectivity index is 2.44. The van der Waals surface area contributed by atoms with Crippen molar-refractivity contribution in [3.05, 3.63) is 0 Å². The Morgan fingerprint density at radius 1 is 1.46 bits per heavy atom. The van der Waals surface area contributed by atoms with Crippen molar-refractivity contribution in [2.75, 3.05) is 0 Å². The molecule has 0 aromatic heterocycles. The summed E-state index contributed by atoms with van der Waals surface area (Å²) >= 11 is 0. The molecule has 0 spiro atoms. The monoisotopic (exact) mass is 184 g/mol. The third-order valence-electron chi connectivity index (χ3n) is 2.93.